The molecule has 0 saturated heterocycles. The van der Waals surface area contributed by atoms with Gasteiger partial charge in [-0.2, -0.15) is 0 Å². The maximum absolute atomic E-state index is 11.4. The van der Waals surface area contributed by atoms with Crippen molar-refractivity contribution in [3.05, 3.63) is 52.2 Å². The highest BCUT2D eigenvalue weighted by molar-refractivity contribution is 6.08. The Morgan fingerprint density at radius 1 is 1.21 bits per heavy atom. The van der Waals surface area contributed by atoms with E-state index in [1.165, 1.54) is 36.4 Å². The summed E-state index contributed by atoms with van der Waals surface area (Å²) in [6.45, 7) is 0. The van der Waals surface area contributed by atoms with Gasteiger partial charge in [-0.1, -0.05) is 12.1 Å². The van der Waals surface area contributed by atoms with Crippen LogP contribution in [0, 0.1) is 0 Å². The summed E-state index contributed by atoms with van der Waals surface area (Å²) in [7, 11) is 0. The van der Waals surface area contributed by atoms with Crippen molar-refractivity contribution in [1.29, 1.82) is 0 Å². The number of rotatable bonds is 1. The highest BCUT2D eigenvalue weighted by Crippen LogP contribution is 2.33. The molecule has 0 unspecified atom stereocenters. The minimum absolute atomic E-state index is 0.0243. The lowest BCUT2D eigenvalue weighted by molar-refractivity contribution is -0.268. The van der Waals surface area contributed by atoms with Gasteiger partial charge in [-0.15, -0.1) is 5.75 Å². The Labute approximate surface area is 106 Å². The molecule has 1 aliphatic heterocycles. The quantitative estimate of drug-likeness (QED) is 0.530. The number of aromatic carboxylic acids is 1. The van der Waals surface area contributed by atoms with E-state index in [1.54, 1.807) is 0 Å². The number of carbonyl (C=O) groups is 1. The van der Waals surface area contributed by atoms with E-state index in [2.05, 4.69) is 0 Å². The number of hydrogen-bond acceptors (Lipinski definition) is 4. The van der Waals surface area contributed by atoms with E-state index in [0.717, 1.165) is 0 Å². The fourth-order valence-corrected chi connectivity index (χ4v) is 2.08. The third-order valence-electron chi connectivity index (χ3n) is 2.88. The molecule has 0 spiro atoms. The molecule has 1 heterocycles. The molecule has 94 valence electrons. The average molecular weight is 259 g/mol. The van der Waals surface area contributed by atoms with Crippen molar-refractivity contribution in [1.82, 2.24) is 0 Å². The first-order chi connectivity index (χ1) is 9.06. The Balaban J connectivity index is 2.57. The first-order valence-corrected chi connectivity index (χ1v) is 5.47. The molecule has 0 amide bonds. The van der Waals surface area contributed by atoms with E-state index in [1.807, 2.05) is 0 Å². The number of hydrogen-bond donors (Lipinski definition) is 1. The standard InChI is InChI=1S/C14H8O5/c15-7-1-3-9-11(5-7)19-12-6-8(16)2-4-10(12)13(9)14(17)18/h1-6,15H,(H,17,18)/p-1/i17+2,18+2. The lowest BCUT2D eigenvalue weighted by Gasteiger charge is -2.13. The normalized spacial score (nSPS) is 10.9. The summed E-state index contributed by atoms with van der Waals surface area (Å²) in [6.07, 6.45) is 0. The minimum Gasteiger partial charge on any atom is -0.872 e. The predicted molar refractivity (Wildman–Crippen MR) is 65.5 cm³/mol. The van der Waals surface area contributed by atoms with E-state index in [4.69, 9.17) is 4.42 Å². The molecule has 0 bridgehead atoms. The Hall–Kier alpha value is -2.82. The number of benzene rings is 2. The highest BCUT2D eigenvalue weighted by Gasteiger charge is 2.20. The topological polar surface area (TPSA) is 90.6 Å². The van der Waals surface area contributed by atoms with Crippen molar-refractivity contribution in [2.24, 2.45) is 0 Å². The molecule has 1 N–H and O–H groups in total. The van der Waals surface area contributed by atoms with Crippen LogP contribution in [-0.2, 0) is 0 Å². The Morgan fingerprint density at radius 3 is 2.74 bits per heavy atom. The minimum atomic E-state index is -1.14. The molecule has 5 heteroatoms. The summed E-state index contributed by atoms with van der Waals surface area (Å²) in [5.74, 6) is -1.27. The van der Waals surface area contributed by atoms with Crippen molar-refractivity contribution in [3.8, 4) is 17.1 Å². The zero-order valence-corrected chi connectivity index (χ0v) is 9.54. The fourth-order valence-electron chi connectivity index (χ4n) is 2.08. The molecule has 1 aliphatic carbocycles. The SMILES string of the molecule is O=c1ccc2c(C(=[18O])[18OH])c3ccc([O-])cc3oc-2c1. The van der Waals surface area contributed by atoms with Gasteiger partial charge in [0.1, 0.15) is 11.3 Å². The van der Waals surface area contributed by atoms with Crippen LogP contribution in [0.2, 0.25) is 0 Å². The molecular formula is C14H7O5-. The zero-order valence-electron chi connectivity index (χ0n) is 9.54. The Bertz CT molecular complexity index is 831. The zero-order chi connectivity index (χ0) is 13.6. The second kappa shape index (κ2) is 3.84. The fraction of sp³-hybridized carbons (Fsp3) is 0. The smallest absolute Gasteiger partial charge is 0.337 e. The molecule has 19 heavy (non-hydrogen) atoms. The molecule has 3 rings (SSSR count). The van der Waals surface area contributed by atoms with E-state index in [-0.39, 0.29) is 28.1 Å². The molecule has 0 aromatic heterocycles. The molecule has 0 fully saturated rings. The largest absolute Gasteiger partial charge is 0.872 e. The lowest BCUT2D eigenvalue weighted by Crippen LogP contribution is -2.06. The van der Waals surface area contributed by atoms with Crippen LogP contribution in [0.15, 0.2) is 45.6 Å². The van der Waals surface area contributed by atoms with Crippen LogP contribution in [-0.4, -0.2) is 11.1 Å². The van der Waals surface area contributed by atoms with Gasteiger partial charge in [0.15, 0.2) is 5.43 Å². The van der Waals surface area contributed by atoms with Crippen LogP contribution in [0.3, 0.4) is 0 Å². The van der Waals surface area contributed by atoms with Crippen LogP contribution in [0.1, 0.15) is 10.4 Å². The average Bonchev–Trinajstić information content (AvgIpc) is 2.35. The van der Waals surface area contributed by atoms with Gasteiger partial charge in [0.2, 0.25) is 0 Å². The van der Waals surface area contributed by atoms with Gasteiger partial charge in [-0.3, -0.25) is 4.79 Å². The van der Waals surface area contributed by atoms with Crippen molar-refractivity contribution < 1.29 is 19.4 Å². The summed E-state index contributed by atoms with van der Waals surface area (Å²) in [5.41, 5.74) is 0.225. The predicted octanol–water partition coefficient (Wildman–Crippen LogP) is 1.67. The third-order valence-corrected chi connectivity index (χ3v) is 2.88. The molecule has 0 atom stereocenters. The number of fused-ring (bicyclic) bond motifs is 2. The second-order valence-electron chi connectivity index (χ2n) is 4.10. The van der Waals surface area contributed by atoms with Crippen molar-refractivity contribution in [2.45, 2.75) is 0 Å². The van der Waals surface area contributed by atoms with Crippen molar-refractivity contribution in [2.75, 3.05) is 0 Å². The van der Waals surface area contributed by atoms with E-state index < -0.39 is 5.97 Å². The lowest BCUT2D eigenvalue weighted by atomic mass is 10.00. The summed E-state index contributed by atoms with van der Waals surface area (Å²) < 4.78 is 5.44. The van der Waals surface area contributed by atoms with Gasteiger partial charge < -0.3 is 14.6 Å². The summed E-state index contributed by atoms with van der Waals surface area (Å²) in [6, 6.07) is 7.79. The Kier molecular flexibility index (Phi) is 2.28. The monoisotopic (exact) mass is 259 g/mol. The van der Waals surface area contributed by atoms with Gasteiger partial charge in [0.25, 0.3) is 0 Å². The van der Waals surface area contributed by atoms with Crippen molar-refractivity contribution in [3.63, 3.8) is 0 Å². The molecule has 1 aromatic rings. The van der Waals surface area contributed by atoms with Crippen LogP contribution in [0.5, 0.6) is 5.75 Å². The molecular weight excluding hydrogens is 252 g/mol. The summed E-state index contributed by atoms with van der Waals surface area (Å²) in [5, 5.41) is 21.0. The van der Waals surface area contributed by atoms with Crippen LogP contribution in [0.25, 0.3) is 22.3 Å². The van der Waals surface area contributed by atoms with Gasteiger partial charge in [0, 0.05) is 17.0 Å². The van der Waals surface area contributed by atoms with Crippen LogP contribution >= 0.6 is 0 Å². The molecule has 5 nitrogen and oxygen atoms in total. The highest BCUT2D eigenvalue weighted by atomic mass is 18.2. The Morgan fingerprint density at radius 2 is 2.00 bits per heavy atom. The third kappa shape index (κ3) is 1.72. The first kappa shape index (κ1) is 11.3. The molecule has 0 radical (unpaired) electrons. The van der Waals surface area contributed by atoms with Gasteiger partial charge in [0.05, 0.1) is 5.56 Å². The first-order valence-electron chi connectivity index (χ1n) is 5.47. The maximum Gasteiger partial charge on any atom is 0.337 e. The second-order valence-corrected chi connectivity index (χ2v) is 4.10. The van der Waals surface area contributed by atoms with E-state index in [0.29, 0.717) is 10.9 Å². The van der Waals surface area contributed by atoms with E-state index >= 15 is 0 Å². The summed E-state index contributed by atoms with van der Waals surface area (Å²) >= 11 is 0. The maximum atomic E-state index is 11.4. The van der Waals surface area contributed by atoms with Gasteiger partial charge >= 0.3 is 5.97 Å². The van der Waals surface area contributed by atoms with Crippen LogP contribution < -0.4 is 10.5 Å². The molecule has 2 aliphatic rings. The number of carboxylic acids is 1. The van der Waals surface area contributed by atoms with Gasteiger partial charge in [-0.25, -0.2) is 4.79 Å². The molecule has 1 aromatic carbocycles. The van der Waals surface area contributed by atoms with E-state index in [9.17, 15) is 19.8 Å². The van der Waals surface area contributed by atoms with Crippen molar-refractivity contribution >= 4 is 16.9 Å². The molecule has 0 saturated carbocycles. The van der Waals surface area contributed by atoms with Crippen LogP contribution in [0.4, 0.5) is 0 Å². The summed E-state index contributed by atoms with van der Waals surface area (Å²) in [4.78, 5) is 22.7. The van der Waals surface area contributed by atoms with Gasteiger partial charge in [-0.05, 0) is 18.2 Å². The number of carboxylic acid groups (broad SMARTS) is 1.